The number of benzene rings is 2. The first-order valence-corrected chi connectivity index (χ1v) is 14.3. The molecule has 0 aromatic heterocycles. The van der Waals surface area contributed by atoms with Crippen LogP contribution in [0.15, 0.2) is 24.3 Å². The first-order chi connectivity index (χ1) is 19.1. The second kappa shape index (κ2) is 11.7. The predicted molar refractivity (Wildman–Crippen MR) is 154 cm³/mol. The van der Waals surface area contributed by atoms with E-state index in [0.29, 0.717) is 37.8 Å². The first-order valence-electron chi connectivity index (χ1n) is 14.3. The van der Waals surface area contributed by atoms with Gasteiger partial charge < -0.3 is 4.90 Å². The summed E-state index contributed by atoms with van der Waals surface area (Å²) in [6, 6.07) is 7.53. The fourth-order valence-corrected chi connectivity index (χ4v) is 5.96. The normalized spacial score (nSPS) is 17.4. The van der Waals surface area contributed by atoms with Crippen LogP contribution in [0.2, 0.25) is 0 Å². The fraction of sp³-hybridized carbons (Fsp3) is 0.469. The smallest absolute Gasteiger partial charge is 0.257 e. The molecule has 0 radical (unpaired) electrons. The number of imide groups is 2. The first kappa shape index (κ1) is 29.2. The molecule has 212 valence electrons. The molecule has 8 nitrogen and oxygen atoms in total. The molecule has 0 N–H and O–H groups in total. The maximum atomic E-state index is 13.4. The van der Waals surface area contributed by atoms with Crippen LogP contribution in [0.1, 0.15) is 87.3 Å². The van der Waals surface area contributed by atoms with Crippen molar-refractivity contribution in [2.24, 2.45) is 0 Å². The second-order valence-electron chi connectivity index (χ2n) is 10.7. The Morgan fingerprint density at radius 3 is 1.50 bits per heavy atom. The van der Waals surface area contributed by atoms with Gasteiger partial charge in [-0.25, -0.2) is 9.80 Å². The molecule has 4 rings (SSSR count). The lowest BCUT2D eigenvalue weighted by atomic mass is 9.92. The van der Waals surface area contributed by atoms with Gasteiger partial charge in [0.25, 0.3) is 5.91 Å². The Hall–Kier alpha value is -3.81. The van der Waals surface area contributed by atoms with Crippen molar-refractivity contribution < 1.29 is 24.0 Å². The van der Waals surface area contributed by atoms with Crippen molar-refractivity contribution >= 4 is 40.9 Å². The van der Waals surface area contributed by atoms with Crippen molar-refractivity contribution in [2.75, 3.05) is 16.8 Å². The van der Waals surface area contributed by atoms with Crippen molar-refractivity contribution in [3.8, 4) is 0 Å². The molecule has 1 atom stereocenters. The van der Waals surface area contributed by atoms with Crippen molar-refractivity contribution in [1.29, 1.82) is 0 Å². The molecular formula is C32H39N3O5. The topological polar surface area (TPSA) is 95.1 Å². The summed E-state index contributed by atoms with van der Waals surface area (Å²) in [6.45, 7) is 9.48. The summed E-state index contributed by atoms with van der Waals surface area (Å²) in [5.41, 5.74) is 7.34. The molecule has 0 bridgehead atoms. The number of hydrogen-bond acceptors (Lipinski definition) is 5. The lowest BCUT2D eigenvalue weighted by Crippen LogP contribution is -2.42. The van der Waals surface area contributed by atoms with E-state index in [9.17, 15) is 24.0 Å². The fourth-order valence-electron chi connectivity index (χ4n) is 5.96. The minimum absolute atomic E-state index is 0.0169. The number of nitrogens with zero attached hydrogens (tertiary/aromatic N) is 3. The summed E-state index contributed by atoms with van der Waals surface area (Å²) < 4.78 is 0. The molecule has 2 aromatic rings. The monoisotopic (exact) mass is 545 g/mol. The Balaban J connectivity index is 1.73. The van der Waals surface area contributed by atoms with Gasteiger partial charge in [0.1, 0.15) is 6.04 Å². The lowest BCUT2D eigenvalue weighted by Gasteiger charge is -2.25. The van der Waals surface area contributed by atoms with Crippen LogP contribution in [0, 0.1) is 0 Å². The third-order valence-electron chi connectivity index (χ3n) is 8.17. The summed E-state index contributed by atoms with van der Waals surface area (Å²) in [6.07, 6.45) is 3.80. The standard InChI is InChI=1S/C32H39N3O5/c1-7-22-14-20(15-23(8-2)30(22)34-27(37)11-12-28(34)38)13-21-16-24(9-3)31(25(10-4)17-21)35-29(39)18-26(32(35)40)33(6)19(5)36/h14-17,26H,7-13,18H2,1-6H3. The molecule has 40 heavy (non-hydrogen) atoms. The highest BCUT2D eigenvalue weighted by Crippen LogP contribution is 2.36. The summed E-state index contributed by atoms with van der Waals surface area (Å²) in [5.74, 6) is -1.18. The van der Waals surface area contributed by atoms with Gasteiger partial charge in [0.15, 0.2) is 0 Å². The van der Waals surface area contributed by atoms with E-state index in [2.05, 4.69) is 24.3 Å². The van der Waals surface area contributed by atoms with Gasteiger partial charge in [-0.15, -0.1) is 0 Å². The molecule has 2 aliphatic heterocycles. The minimum atomic E-state index is -0.785. The van der Waals surface area contributed by atoms with Crippen molar-refractivity contribution in [3.63, 3.8) is 0 Å². The van der Waals surface area contributed by atoms with E-state index in [1.165, 1.54) is 21.6 Å². The molecule has 1 unspecified atom stereocenters. The van der Waals surface area contributed by atoms with Crippen LogP contribution in [0.3, 0.4) is 0 Å². The molecule has 0 spiro atoms. The van der Waals surface area contributed by atoms with Gasteiger partial charge in [-0.1, -0.05) is 52.0 Å². The molecule has 0 saturated carbocycles. The molecule has 2 saturated heterocycles. The van der Waals surface area contributed by atoms with Gasteiger partial charge in [0.05, 0.1) is 17.8 Å². The molecule has 8 heteroatoms. The van der Waals surface area contributed by atoms with Gasteiger partial charge in [0.2, 0.25) is 23.6 Å². The molecular weight excluding hydrogens is 506 g/mol. The number of likely N-dealkylation sites (N-methyl/N-ethyl adjacent to an activating group) is 1. The van der Waals surface area contributed by atoms with E-state index in [4.69, 9.17) is 0 Å². The maximum absolute atomic E-state index is 13.4. The highest BCUT2D eigenvalue weighted by molar-refractivity contribution is 6.23. The van der Waals surface area contributed by atoms with E-state index in [0.717, 1.165) is 39.1 Å². The molecule has 2 heterocycles. The van der Waals surface area contributed by atoms with E-state index in [-0.39, 0.29) is 48.8 Å². The number of carbonyl (C=O) groups is 5. The number of hydrogen-bond donors (Lipinski definition) is 0. The summed E-state index contributed by atoms with van der Waals surface area (Å²) in [7, 11) is 1.56. The van der Waals surface area contributed by atoms with Crippen molar-refractivity contribution in [1.82, 2.24) is 4.90 Å². The van der Waals surface area contributed by atoms with Gasteiger partial charge in [-0.05, 0) is 65.5 Å². The second-order valence-corrected chi connectivity index (χ2v) is 10.7. The van der Waals surface area contributed by atoms with Gasteiger partial charge in [0, 0.05) is 26.8 Å². The Labute approximate surface area is 236 Å². The number of anilines is 2. The predicted octanol–water partition coefficient (Wildman–Crippen LogP) is 4.29. The zero-order valence-electron chi connectivity index (χ0n) is 24.4. The number of amides is 5. The lowest BCUT2D eigenvalue weighted by molar-refractivity contribution is -0.134. The van der Waals surface area contributed by atoms with E-state index >= 15 is 0 Å². The third kappa shape index (κ3) is 5.19. The van der Waals surface area contributed by atoms with Crippen LogP contribution in [0.4, 0.5) is 11.4 Å². The molecule has 2 fully saturated rings. The average Bonchev–Trinajstić information content (AvgIpc) is 3.42. The van der Waals surface area contributed by atoms with Crippen LogP contribution < -0.4 is 9.80 Å². The van der Waals surface area contributed by atoms with E-state index in [1.807, 2.05) is 27.7 Å². The number of rotatable bonds is 9. The van der Waals surface area contributed by atoms with Crippen molar-refractivity contribution in [3.05, 3.63) is 57.6 Å². The molecule has 2 aromatic carbocycles. The molecule has 5 amide bonds. The van der Waals surface area contributed by atoms with Gasteiger partial charge >= 0.3 is 0 Å². The Bertz CT molecular complexity index is 1330. The van der Waals surface area contributed by atoms with Crippen LogP contribution in [-0.2, 0) is 56.1 Å². The zero-order valence-corrected chi connectivity index (χ0v) is 24.4. The average molecular weight is 546 g/mol. The van der Waals surface area contributed by atoms with Gasteiger partial charge in [-0.3, -0.25) is 24.0 Å². The van der Waals surface area contributed by atoms with Crippen LogP contribution in [0.25, 0.3) is 0 Å². The Morgan fingerprint density at radius 2 is 1.12 bits per heavy atom. The molecule has 2 aliphatic rings. The van der Waals surface area contributed by atoms with Crippen LogP contribution in [0.5, 0.6) is 0 Å². The Kier molecular flexibility index (Phi) is 8.57. The highest BCUT2D eigenvalue weighted by Gasteiger charge is 2.44. The summed E-state index contributed by atoms with van der Waals surface area (Å²) in [4.78, 5) is 67.5. The van der Waals surface area contributed by atoms with Crippen LogP contribution in [-0.4, -0.2) is 47.5 Å². The van der Waals surface area contributed by atoms with Gasteiger partial charge in [-0.2, -0.15) is 0 Å². The minimum Gasteiger partial charge on any atom is -0.333 e. The third-order valence-corrected chi connectivity index (χ3v) is 8.17. The SMILES string of the molecule is CCc1cc(Cc2cc(CC)c(N3C(=O)CC(N(C)C(C)=O)C3=O)c(CC)c2)cc(CC)c1N1C(=O)CCC1=O. The van der Waals surface area contributed by atoms with E-state index < -0.39 is 6.04 Å². The molecule has 0 aliphatic carbocycles. The number of aryl methyl sites for hydroxylation is 4. The summed E-state index contributed by atoms with van der Waals surface area (Å²) in [5, 5.41) is 0. The number of carbonyl (C=O) groups excluding carboxylic acids is 5. The van der Waals surface area contributed by atoms with Crippen molar-refractivity contribution in [2.45, 2.75) is 92.0 Å². The zero-order chi connectivity index (χ0) is 29.3. The largest absolute Gasteiger partial charge is 0.333 e. The van der Waals surface area contributed by atoms with Crippen LogP contribution >= 0.6 is 0 Å². The maximum Gasteiger partial charge on any atom is 0.257 e. The Morgan fingerprint density at radius 1 is 0.725 bits per heavy atom. The van der Waals surface area contributed by atoms with E-state index in [1.54, 1.807) is 7.05 Å². The quantitative estimate of drug-likeness (QED) is 0.438. The highest BCUT2D eigenvalue weighted by atomic mass is 16.2. The summed E-state index contributed by atoms with van der Waals surface area (Å²) >= 11 is 0.